The number of rotatable bonds is 7. The zero-order valence-corrected chi connectivity index (χ0v) is 16.9. The molecular formula is C24H20ClFN2O2. The van der Waals surface area contributed by atoms with Gasteiger partial charge in [0.05, 0.1) is 0 Å². The van der Waals surface area contributed by atoms with Gasteiger partial charge in [-0.2, -0.15) is 0 Å². The third kappa shape index (κ3) is 4.63. The SMILES string of the molecule is O=C(Nc1ccc(F)cc1)c1cccc(Oc2ccc3c(ccn3CCCCl)c2)c1. The lowest BCUT2D eigenvalue weighted by molar-refractivity contribution is 0.102. The van der Waals surface area contributed by atoms with Gasteiger partial charge in [-0.25, -0.2) is 4.39 Å². The molecule has 0 fully saturated rings. The van der Waals surface area contributed by atoms with Gasteiger partial charge >= 0.3 is 0 Å². The number of amides is 1. The first-order chi connectivity index (χ1) is 14.6. The van der Waals surface area contributed by atoms with Gasteiger partial charge in [0, 0.05) is 40.8 Å². The van der Waals surface area contributed by atoms with Crippen LogP contribution in [0.15, 0.2) is 79.0 Å². The number of halogens is 2. The summed E-state index contributed by atoms with van der Waals surface area (Å²) in [5, 5.41) is 3.82. The van der Waals surface area contributed by atoms with Crippen LogP contribution in [0.2, 0.25) is 0 Å². The van der Waals surface area contributed by atoms with Crippen molar-refractivity contribution in [2.24, 2.45) is 0 Å². The first kappa shape index (κ1) is 20.0. The van der Waals surface area contributed by atoms with Crippen LogP contribution in [-0.4, -0.2) is 16.4 Å². The topological polar surface area (TPSA) is 43.3 Å². The quantitative estimate of drug-likeness (QED) is 0.347. The van der Waals surface area contributed by atoms with Crippen LogP contribution in [0.5, 0.6) is 11.5 Å². The highest BCUT2D eigenvalue weighted by Crippen LogP contribution is 2.27. The zero-order valence-electron chi connectivity index (χ0n) is 16.1. The molecule has 0 unspecified atom stereocenters. The fraction of sp³-hybridized carbons (Fsp3) is 0.125. The first-order valence-corrected chi connectivity index (χ1v) is 10.2. The molecule has 152 valence electrons. The molecule has 0 aliphatic rings. The van der Waals surface area contributed by atoms with E-state index in [4.69, 9.17) is 16.3 Å². The number of ether oxygens (including phenoxy) is 1. The normalized spacial score (nSPS) is 10.9. The smallest absolute Gasteiger partial charge is 0.255 e. The second-order valence-electron chi connectivity index (χ2n) is 6.86. The van der Waals surface area contributed by atoms with E-state index in [1.165, 1.54) is 24.3 Å². The number of hydrogen-bond donors (Lipinski definition) is 1. The average molecular weight is 423 g/mol. The fourth-order valence-electron chi connectivity index (χ4n) is 3.24. The maximum Gasteiger partial charge on any atom is 0.255 e. The van der Waals surface area contributed by atoms with Gasteiger partial charge in [-0.1, -0.05) is 6.07 Å². The molecule has 1 amide bonds. The van der Waals surface area contributed by atoms with Crippen molar-refractivity contribution in [3.8, 4) is 11.5 Å². The molecular weight excluding hydrogens is 403 g/mol. The molecule has 1 N–H and O–H groups in total. The highest BCUT2D eigenvalue weighted by atomic mass is 35.5. The Morgan fingerprint density at radius 2 is 1.80 bits per heavy atom. The third-order valence-corrected chi connectivity index (χ3v) is 4.98. The largest absolute Gasteiger partial charge is 0.457 e. The number of aryl methyl sites for hydroxylation is 1. The molecule has 0 radical (unpaired) electrons. The van der Waals surface area contributed by atoms with Gasteiger partial charge in [0.1, 0.15) is 17.3 Å². The Kier molecular flexibility index (Phi) is 6.00. The Balaban J connectivity index is 1.48. The summed E-state index contributed by atoms with van der Waals surface area (Å²) >= 11 is 5.79. The summed E-state index contributed by atoms with van der Waals surface area (Å²) in [6.07, 6.45) is 2.96. The number of hydrogen-bond acceptors (Lipinski definition) is 2. The number of nitrogens with zero attached hydrogens (tertiary/aromatic N) is 1. The fourth-order valence-corrected chi connectivity index (χ4v) is 3.36. The molecule has 0 spiro atoms. The van der Waals surface area contributed by atoms with Crippen molar-refractivity contribution in [2.75, 3.05) is 11.2 Å². The molecule has 30 heavy (non-hydrogen) atoms. The molecule has 3 aromatic carbocycles. The van der Waals surface area contributed by atoms with E-state index in [2.05, 4.69) is 9.88 Å². The standard InChI is InChI=1S/C24H20ClFN2O2/c25-12-2-13-28-14-11-17-15-22(9-10-23(17)28)30-21-4-1-3-18(16-21)24(29)27-20-7-5-19(26)6-8-20/h1,3-11,14-16H,2,12-13H2,(H,27,29). The van der Waals surface area contributed by atoms with Gasteiger partial charge < -0.3 is 14.6 Å². The van der Waals surface area contributed by atoms with E-state index >= 15 is 0 Å². The zero-order chi connectivity index (χ0) is 20.9. The summed E-state index contributed by atoms with van der Waals surface area (Å²) in [7, 11) is 0. The summed E-state index contributed by atoms with van der Waals surface area (Å²) in [4.78, 5) is 12.5. The Morgan fingerprint density at radius 3 is 2.60 bits per heavy atom. The average Bonchev–Trinajstić information content (AvgIpc) is 3.16. The third-order valence-electron chi connectivity index (χ3n) is 4.71. The number of aromatic nitrogens is 1. The number of carbonyl (C=O) groups excluding carboxylic acids is 1. The lowest BCUT2D eigenvalue weighted by atomic mass is 10.2. The Morgan fingerprint density at radius 1 is 1.00 bits per heavy atom. The maximum atomic E-state index is 13.0. The van der Waals surface area contributed by atoms with Gasteiger partial charge in [0.25, 0.3) is 5.91 Å². The van der Waals surface area contributed by atoms with Crippen LogP contribution in [0.25, 0.3) is 10.9 Å². The summed E-state index contributed by atoms with van der Waals surface area (Å²) in [5.74, 6) is 1.23. The molecule has 0 saturated heterocycles. The van der Waals surface area contributed by atoms with Crippen LogP contribution >= 0.6 is 11.6 Å². The van der Waals surface area contributed by atoms with Crippen molar-refractivity contribution >= 4 is 34.1 Å². The molecule has 1 aromatic heterocycles. The number of anilines is 1. The van der Waals surface area contributed by atoms with Crippen molar-refractivity contribution in [2.45, 2.75) is 13.0 Å². The molecule has 4 rings (SSSR count). The summed E-state index contributed by atoms with van der Waals surface area (Å²) in [6, 6.07) is 20.5. The van der Waals surface area contributed by atoms with Crippen molar-refractivity contribution in [1.29, 1.82) is 0 Å². The highest BCUT2D eigenvalue weighted by molar-refractivity contribution is 6.17. The molecule has 1 heterocycles. The van der Waals surface area contributed by atoms with E-state index in [0.717, 1.165) is 23.9 Å². The van der Waals surface area contributed by atoms with E-state index in [9.17, 15) is 9.18 Å². The van der Waals surface area contributed by atoms with E-state index in [-0.39, 0.29) is 11.7 Å². The molecule has 4 aromatic rings. The minimum atomic E-state index is -0.352. The van der Waals surface area contributed by atoms with Crippen molar-refractivity contribution in [3.63, 3.8) is 0 Å². The number of benzene rings is 3. The molecule has 0 saturated carbocycles. The van der Waals surface area contributed by atoms with E-state index in [1.54, 1.807) is 24.3 Å². The molecule has 0 atom stereocenters. The van der Waals surface area contributed by atoms with Crippen molar-refractivity contribution in [3.05, 3.63) is 90.4 Å². The van der Waals surface area contributed by atoms with Gasteiger partial charge in [-0.15, -0.1) is 11.6 Å². The van der Waals surface area contributed by atoms with Crippen molar-refractivity contribution in [1.82, 2.24) is 4.57 Å². The van der Waals surface area contributed by atoms with Crippen LogP contribution in [-0.2, 0) is 6.54 Å². The minimum Gasteiger partial charge on any atom is -0.457 e. The van der Waals surface area contributed by atoms with Gasteiger partial charge in [-0.05, 0) is 73.2 Å². The Labute approximate surface area is 178 Å². The maximum absolute atomic E-state index is 13.0. The Bertz CT molecular complexity index is 1170. The molecule has 0 bridgehead atoms. The predicted molar refractivity (Wildman–Crippen MR) is 118 cm³/mol. The lowest BCUT2D eigenvalue weighted by Gasteiger charge is -2.09. The summed E-state index contributed by atoms with van der Waals surface area (Å²) in [6.45, 7) is 0.873. The van der Waals surface area contributed by atoms with Crippen LogP contribution < -0.4 is 10.1 Å². The van der Waals surface area contributed by atoms with Crippen LogP contribution in [0.1, 0.15) is 16.8 Å². The monoisotopic (exact) mass is 422 g/mol. The number of alkyl halides is 1. The molecule has 0 aliphatic heterocycles. The number of nitrogens with one attached hydrogen (secondary N) is 1. The number of fused-ring (bicyclic) bond motifs is 1. The van der Waals surface area contributed by atoms with Crippen LogP contribution in [0, 0.1) is 5.82 Å². The Hall–Kier alpha value is -3.31. The van der Waals surface area contributed by atoms with Gasteiger partial charge in [0.15, 0.2) is 0 Å². The van der Waals surface area contributed by atoms with E-state index in [1.807, 2.05) is 30.5 Å². The van der Waals surface area contributed by atoms with Crippen molar-refractivity contribution < 1.29 is 13.9 Å². The van der Waals surface area contributed by atoms with E-state index in [0.29, 0.717) is 28.6 Å². The van der Waals surface area contributed by atoms with Crippen LogP contribution in [0.3, 0.4) is 0 Å². The summed E-state index contributed by atoms with van der Waals surface area (Å²) in [5.41, 5.74) is 2.10. The number of carbonyl (C=O) groups is 1. The lowest BCUT2D eigenvalue weighted by Crippen LogP contribution is -2.11. The molecule has 0 aliphatic carbocycles. The summed E-state index contributed by atoms with van der Waals surface area (Å²) < 4.78 is 21.2. The predicted octanol–water partition coefficient (Wildman–Crippen LogP) is 6.45. The molecule has 4 nitrogen and oxygen atoms in total. The highest BCUT2D eigenvalue weighted by Gasteiger charge is 2.09. The van der Waals surface area contributed by atoms with Gasteiger partial charge in [-0.3, -0.25) is 4.79 Å². The first-order valence-electron chi connectivity index (χ1n) is 9.62. The van der Waals surface area contributed by atoms with E-state index < -0.39 is 0 Å². The minimum absolute atomic E-state index is 0.293. The molecule has 6 heteroatoms. The van der Waals surface area contributed by atoms with Crippen LogP contribution in [0.4, 0.5) is 10.1 Å². The van der Waals surface area contributed by atoms with Gasteiger partial charge in [0.2, 0.25) is 0 Å². The second kappa shape index (κ2) is 9.01. The second-order valence-corrected chi connectivity index (χ2v) is 7.24.